The number of ether oxygens (including phenoxy) is 3. The molecule has 140 valence electrons. The van der Waals surface area contributed by atoms with E-state index in [9.17, 15) is 9.18 Å². The van der Waals surface area contributed by atoms with Crippen molar-refractivity contribution in [3.8, 4) is 23.0 Å². The van der Waals surface area contributed by atoms with Crippen molar-refractivity contribution in [1.29, 1.82) is 0 Å². The molecule has 0 aromatic heterocycles. The van der Waals surface area contributed by atoms with Gasteiger partial charge in [-0.15, -0.1) is 0 Å². The lowest BCUT2D eigenvalue weighted by molar-refractivity contribution is -0.134. The first-order valence-electron chi connectivity index (χ1n) is 8.01. The van der Waals surface area contributed by atoms with Crippen molar-refractivity contribution in [3.63, 3.8) is 0 Å². The molecule has 0 heterocycles. The predicted molar refractivity (Wildman–Crippen MR) is 105 cm³/mol. The lowest BCUT2D eigenvalue weighted by atomic mass is 10.0. The largest absolute Gasteiger partial charge is 0.493 e. The van der Waals surface area contributed by atoms with E-state index in [0.29, 0.717) is 31.8 Å². The van der Waals surface area contributed by atoms with Gasteiger partial charge in [-0.3, -0.25) is 4.79 Å². The van der Waals surface area contributed by atoms with Gasteiger partial charge in [0, 0.05) is 18.1 Å². The molecule has 26 heavy (non-hydrogen) atoms. The van der Waals surface area contributed by atoms with Gasteiger partial charge in [0.1, 0.15) is 11.5 Å². The van der Waals surface area contributed by atoms with Crippen molar-refractivity contribution >= 4 is 37.8 Å². The number of methoxy groups -OCH3 is 1. The van der Waals surface area contributed by atoms with Crippen molar-refractivity contribution in [2.75, 3.05) is 7.11 Å². The molecule has 0 N–H and O–H groups in total. The minimum atomic E-state index is -0.491. The fourth-order valence-electron chi connectivity index (χ4n) is 2.31. The molecule has 7 heteroatoms. The summed E-state index contributed by atoms with van der Waals surface area (Å²) in [7, 11) is 1.44. The van der Waals surface area contributed by atoms with E-state index >= 15 is 0 Å². The van der Waals surface area contributed by atoms with Crippen molar-refractivity contribution in [2.45, 2.75) is 33.1 Å². The van der Waals surface area contributed by atoms with Crippen LogP contribution in [0.25, 0.3) is 0 Å². The van der Waals surface area contributed by atoms with E-state index in [1.54, 1.807) is 25.1 Å². The number of benzene rings is 2. The summed E-state index contributed by atoms with van der Waals surface area (Å²) in [6.45, 7) is 5.61. The van der Waals surface area contributed by atoms with E-state index < -0.39 is 5.82 Å². The lowest BCUT2D eigenvalue weighted by Gasteiger charge is -2.16. The van der Waals surface area contributed by atoms with Crippen LogP contribution in [0.5, 0.6) is 23.0 Å². The number of esters is 1. The number of rotatable bonds is 6. The third kappa shape index (κ3) is 4.76. The van der Waals surface area contributed by atoms with Crippen LogP contribution in [-0.4, -0.2) is 13.1 Å². The van der Waals surface area contributed by atoms with Crippen LogP contribution in [-0.2, 0) is 4.79 Å². The number of halogens is 3. The van der Waals surface area contributed by atoms with Crippen LogP contribution in [0.2, 0.25) is 0 Å². The van der Waals surface area contributed by atoms with E-state index in [1.165, 1.54) is 13.2 Å². The maximum atomic E-state index is 14.3. The molecule has 0 unspecified atom stereocenters. The van der Waals surface area contributed by atoms with Crippen LogP contribution in [0.4, 0.5) is 4.39 Å². The second-order valence-electron chi connectivity index (χ2n) is 5.83. The normalized spacial score (nSPS) is 10.8. The highest BCUT2D eigenvalue weighted by Crippen LogP contribution is 2.42. The zero-order valence-electron chi connectivity index (χ0n) is 14.9. The highest BCUT2D eigenvalue weighted by Gasteiger charge is 2.18. The molecule has 0 bridgehead atoms. The topological polar surface area (TPSA) is 44.8 Å². The highest BCUT2D eigenvalue weighted by atomic mass is 79.9. The third-order valence-corrected chi connectivity index (χ3v) is 4.76. The van der Waals surface area contributed by atoms with Crippen molar-refractivity contribution in [1.82, 2.24) is 0 Å². The zero-order chi connectivity index (χ0) is 19.4. The number of carbonyl (C=O) groups is 1. The van der Waals surface area contributed by atoms with E-state index in [0.717, 1.165) is 0 Å². The second kappa shape index (κ2) is 8.86. The standard InChI is InChI=1S/C19H19Br2FO4/c1-5-17(23)25-12-7-14(20)19(15(21)8-12)26-11-6-13(10(2)3)18(24-4)16(22)9-11/h6-10H,5H2,1-4H3. The van der Waals surface area contributed by atoms with Gasteiger partial charge in [-0.05, 0) is 56.0 Å². The van der Waals surface area contributed by atoms with Gasteiger partial charge in [-0.2, -0.15) is 0 Å². The zero-order valence-corrected chi connectivity index (χ0v) is 18.0. The third-order valence-electron chi connectivity index (χ3n) is 3.58. The second-order valence-corrected chi connectivity index (χ2v) is 7.54. The summed E-state index contributed by atoms with van der Waals surface area (Å²) in [5.41, 5.74) is 0.711. The Labute approximate surface area is 168 Å². The first kappa shape index (κ1) is 20.7. The average Bonchev–Trinajstić information content (AvgIpc) is 2.57. The molecule has 0 fully saturated rings. The van der Waals surface area contributed by atoms with Gasteiger partial charge in [-0.25, -0.2) is 4.39 Å². The Hall–Kier alpha value is -1.60. The molecule has 0 aliphatic rings. The monoisotopic (exact) mass is 488 g/mol. The molecule has 2 rings (SSSR count). The van der Waals surface area contributed by atoms with Crippen LogP contribution >= 0.6 is 31.9 Å². The Morgan fingerprint density at radius 3 is 2.19 bits per heavy atom. The number of carbonyl (C=O) groups excluding carboxylic acids is 1. The van der Waals surface area contributed by atoms with Gasteiger partial charge >= 0.3 is 5.97 Å². The summed E-state index contributed by atoms with van der Waals surface area (Å²) in [6, 6.07) is 6.26. The van der Waals surface area contributed by atoms with Crippen LogP contribution < -0.4 is 14.2 Å². The smallest absolute Gasteiger partial charge is 0.310 e. The molecule has 0 atom stereocenters. The van der Waals surface area contributed by atoms with Gasteiger partial charge in [0.05, 0.1) is 16.1 Å². The minimum Gasteiger partial charge on any atom is -0.493 e. The Balaban J connectivity index is 2.38. The van der Waals surface area contributed by atoms with Crippen molar-refractivity contribution < 1.29 is 23.4 Å². The van der Waals surface area contributed by atoms with Gasteiger partial charge < -0.3 is 14.2 Å². The first-order valence-corrected chi connectivity index (χ1v) is 9.60. The van der Waals surface area contributed by atoms with Gasteiger partial charge in [0.2, 0.25) is 0 Å². The molecule has 2 aromatic rings. The molecular formula is C19H19Br2FO4. The Bertz CT molecular complexity index is 798. The molecule has 2 aromatic carbocycles. The molecule has 0 amide bonds. The predicted octanol–water partition coefficient (Wildman–Crippen LogP) is 6.59. The Morgan fingerprint density at radius 2 is 1.69 bits per heavy atom. The molecular weight excluding hydrogens is 471 g/mol. The van der Waals surface area contributed by atoms with Crippen molar-refractivity contribution in [2.24, 2.45) is 0 Å². The molecule has 0 saturated carbocycles. The summed E-state index contributed by atoms with van der Waals surface area (Å²) in [6.07, 6.45) is 0.274. The van der Waals surface area contributed by atoms with E-state index in [4.69, 9.17) is 14.2 Å². The van der Waals surface area contributed by atoms with Crippen LogP contribution in [0.1, 0.15) is 38.7 Å². The molecule has 4 nitrogen and oxygen atoms in total. The highest BCUT2D eigenvalue weighted by molar-refractivity contribution is 9.11. The van der Waals surface area contributed by atoms with Crippen LogP contribution in [0.3, 0.4) is 0 Å². The lowest BCUT2D eigenvalue weighted by Crippen LogP contribution is -2.05. The molecule has 0 saturated heterocycles. The van der Waals surface area contributed by atoms with E-state index in [1.807, 2.05) is 13.8 Å². The van der Waals surface area contributed by atoms with Crippen LogP contribution in [0.15, 0.2) is 33.2 Å². The molecule has 0 radical (unpaired) electrons. The molecule has 0 spiro atoms. The van der Waals surface area contributed by atoms with Gasteiger partial charge in [0.15, 0.2) is 17.3 Å². The average molecular weight is 490 g/mol. The van der Waals surface area contributed by atoms with E-state index in [2.05, 4.69) is 31.9 Å². The maximum absolute atomic E-state index is 14.3. The summed E-state index contributed by atoms with van der Waals surface area (Å²) in [5, 5.41) is 0. The van der Waals surface area contributed by atoms with E-state index in [-0.39, 0.29) is 24.1 Å². The van der Waals surface area contributed by atoms with Gasteiger partial charge in [0.25, 0.3) is 0 Å². The van der Waals surface area contributed by atoms with Crippen LogP contribution in [0, 0.1) is 5.82 Å². The fourth-order valence-corrected chi connectivity index (χ4v) is 3.61. The quantitative estimate of drug-likeness (QED) is 0.339. The first-order chi connectivity index (χ1) is 12.3. The molecule has 0 aliphatic heterocycles. The summed E-state index contributed by atoms with van der Waals surface area (Å²) in [5.74, 6) is 0.614. The Kier molecular flexibility index (Phi) is 7.06. The number of hydrogen-bond donors (Lipinski definition) is 0. The molecule has 0 aliphatic carbocycles. The number of hydrogen-bond acceptors (Lipinski definition) is 4. The SMILES string of the molecule is CCC(=O)Oc1cc(Br)c(Oc2cc(F)c(OC)c(C(C)C)c2)c(Br)c1. The summed E-state index contributed by atoms with van der Waals surface area (Å²) in [4.78, 5) is 11.4. The fraction of sp³-hybridized carbons (Fsp3) is 0.316. The summed E-state index contributed by atoms with van der Waals surface area (Å²) >= 11 is 6.79. The summed E-state index contributed by atoms with van der Waals surface area (Å²) < 4.78 is 31.7. The maximum Gasteiger partial charge on any atom is 0.310 e. The minimum absolute atomic E-state index is 0.0608. The van der Waals surface area contributed by atoms with Gasteiger partial charge in [-0.1, -0.05) is 20.8 Å². The Morgan fingerprint density at radius 1 is 1.08 bits per heavy atom. The van der Waals surface area contributed by atoms with Crippen molar-refractivity contribution in [3.05, 3.63) is 44.6 Å².